The average Bonchev–Trinajstić information content (AvgIpc) is 3.36. The Morgan fingerprint density at radius 1 is 0.301 bits per heavy atom. The van der Waals surface area contributed by atoms with Gasteiger partial charge in [-0.1, -0.05) is 282 Å². The first-order valence-electron chi connectivity index (χ1n) is 30.0. The molecule has 0 heterocycles. The topological polar surface area (TPSA) is 114 Å². The summed E-state index contributed by atoms with van der Waals surface area (Å²) in [7, 11) is -9.02. The molecule has 0 aliphatic rings. The number of hydrogen-bond donors (Lipinski definition) is 0. The maximum Gasteiger partial charge on any atom is 2.00 e. The Balaban J connectivity index is 0.000000493. The van der Waals surface area contributed by atoms with E-state index in [4.69, 9.17) is 0 Å². The van der Waals surface area contributed by atoms with Crippen LogP contribution in [0.3, 0.4) is 0 Å². The summed E-state index contributed by atoms with van der Waals surface area (Å²) in [5.74, 6) is 0. The first-order valence-corrected chi connectivity index (χ1v) is 32.8. The fraction of sp³-hybridized carbons (Fsp3) is 0.688. The van der Waals surface area contributed by atoms with Crippen molar-refractivity contribution in [2.24, 2.45) is 0 Å². The van der Waals surface area contributed by atoms with Crippen molar-refractivity contribution >= 4 is 79.5 Å². The van der Waals surface area contributed by atoms with Crippen molar-refractivity contribution in [2.45, 2.75) is 294 Å². The second kappa shape index (κ2) is 41.6. The van der Waals surface area contributed by atoms with Gasteiger partial charge < -0.3 is 9.11 Å². The quantitative estimate of drug-likeness (QED) is 0.0248. The van der Waals surface area contributed by atoms with E-state index in [9.17, 15) is 25.9 Å². The summed E-state index contributed by atoms with van der Waals surface area (Å²) in [6.07, 6.45) is 47.6. The van der Waals surface area contributed by atoms with Gasteiger partial charge in [-0.3, -0.25) is 0 Å². The first-order chi connectivity index (χ1) is 35.0. The Kier molecular flexibility index (Phi) is 38.5. The average molecular weight is 1070 g/mol. The van der Waals surface area contributed by atoms with Crippen LogP contribution in [0, 0.1) is 0 Å². The summed E-state index contributed by atoms with van der Waals surface area (Å²) in [5.41, 5.74) is 3.50. The summed E-state index contributed by atoms with van der Waals surface area (Å²) in [6.45, 7) is 8.97. The van der Waals surface area contributed by atoms with Gasteiger partial charge in [-0.15, -0.1) is 0 Å². The SMILES string of the molecule is CCCCCCCCCCCc1cc(S(=O)(=O)[O-])c(CCCCCCCCCCC)c2ccccc12.CCCCCCCCCCCc1cc(S(=O)(=O)[O-])c(CCCCCCCCCCC)c2ccccc12.[Ca+2]. The third-order valence-electron chi connectivity index (χ3n) is 15.1. The molecule has 6 nitrogen and oxygen atoms in total. The van der Waals surface area contributed by atoms with E-state index in [0.717, 1.165) is 108 Å². The predicted molar refractivity (Wildman–Crippen MR) is 313 cm³/mol. The van der Waals surface area contributed by atoms with Gasteiger partial charge in [-0.25, -0.2) is 16.8 Å². The molecule has 0 saturated heterocycles. The number of hydrogen-bond acceptors (Lipinski definition) is 6. The van der Waals surface area contributed by atoms with Gasteiger partial charge in [0.2, 0.25) is 0 Å². The van der Waals surface area contributed by atoms with E-state index in [1.807, 2.05) is 36.4 Å². The van der Waals surface area contributed by atoms with E-state index < -0.39 is 20.2 Å². The number of fused-ring (bicyclic) bond motifs is 2. The number of aryl methyl sites for hydroxylation is 4. The van der Waals surface area contributed by atoms with E-state index in [2.05, 4.69) is 39.8 Å². The van der Waals surface area contributed by atoms with E-state index in [-0.39, 0.29) is 47.5 Å². The molecule has 0 atom stereocenters. The van der Waals surface area contributed by atoms with Gasteiger partial charge in [0.1, 0.15) is 20.2 Å². The van der Waals surface area contributed by atoms with Crippen LogP contribution in [0.4, 0.5) is 0 Å². The summed E-state index contributed by atoms with van der Waals surface area (Å²) in [5, 5.41) is 4.16. The van der Waals surface area contributed by atoms with Crippen molar-refractivity contribution in [3.63, 3.8) is 0 Å². The van der Waals surface area contributed by atoms with Gasteiger partial charge >= 0.3 is 37.7 Å². The molecule has 4 aromatic carbocycles. The molecule has 0 fully saturated rings. The molecule has 0 aliphatic carbocycles. The summed E-state index contributed by atoms with van der Waals surface area (Å²) < 4.78 is 73.7. The van der Waals surface area contributed by atoms with Crippen LogP contribution in [0.1, 0.15) is 281 Å². The predicted octanol–water partition coefficient (Wildman–Crippen LogP) is 19.4. The zero-order valence-corrected chi connectivity index (χ0v) is 50.9. The molecule has 0 aromatic heterocycles. The van der Waals surface area contributed by atoms with Crippen LogP contribution >= 0.6 is 0 Å². The largest absolute Gasteiger partial charge is 2.00 e. The Morgan fingerprint density at radius 3 is 0.740 bits per heavy atom. The fourth-order valence-corrected chi connectivity index (χ4v) is 12.4. The molecule has 4 aromatic rings. The molecule has 0 saturated carbocycles. The van der Waals surface area contributed by atoms with Crippen LogP contribution in [-0.4, -0.2) is 63.7 Å². The zero-order chi connectivity index (χ0) is 52.1. The van der Waals surface area contributed by atoms with Gasteiger partial charge in [0, 0.05) is 0 Å². The number of rotatable bonds is 42. The summed E-state index contributed by atoms with van der Waals surface area (Å²) in [6, 6.07) is 19.6. The molecule has 4 rings (SSSR count). The van der Waals surface area contributed by atoms with Gasteiger partial charge in [-0.2, -0.15) is 0 Å². The summed E-state index contributed by atoms with van der Waals surface area (Å²) >= 11 is 0. The normalized spacial score (nSPS) is 11.8. The maximum absolute atomic E-state index is 12.3. The second-order valence-electron chi connectivity index (χ2n) is 21.3. The molecule has 0 N–H and O–H groups in total. The molecule has 9 heteroatoms. The van der Waals surface area contributed by atoms with Gasteiger partial charge in [0.25, 0.3) is 0 Å². The van der Waals surface area contributed by atoms with Crippen molar-refractivity contribution in [1.29, 1.82) is 0 Å². The smallest absolute Gasteiger partial charge is 0.744 e. The van der Waals surface area contributed by atoms with Crippen LogP contribution in [-0.2, 0) is 45.9 Å². The third-order valence-corrected chi connectivity index (χ3v) is 16.9. The molecule has 73 heavy (non-hydrogen) atoms. The van der Waals surface area contributed by atoms with Crippen LogP contribution in [0.2, 0.25) is 0 Å². The summed E-state index contributed by atoms with van der Waals surface area (Å²) in [4.78, 5) is 0.0402. The van der Waals surface area contributed by atoms with E-state index >= 15 is 0 Å². The van der Waals surface area contributed by atoms with E-state index in [1.165, 1.54) is 180 Å². The minimum Gasteiger partial charge on any atom is -0.744 e. The standard InChI is InChI=1S/2C32H52O3S.Ca/c2*1-3-5-7-9-11-13-15-17-19-23-28-27-32(36(33,34)35)31(30-25-22-21-24-29(28)30)26-20-18-16-14-12-10-8-6-4-2;/h2*21-22,24-25,27H,3-20,23,26H2,1-2H3,(H,33,34,35);/q;;+2/p-2. The zero-order valence-electron chi connectivity index (χ0n) is 47.0. The molecular formula is C64H102CaO6S2. The molecular weight excluding hydrogens is 969 g/mol. The van der Waals surface area contributed by atoms with Crippen LogP contribution in [0.5, 0.6) is 0 Å². The van der Waals surface area contributed by atoms with Crippen molar-refractivity contribution < 1.29 is 25.9 Å². The van der Waals surface area contributed by atoms with Crippen molar-refractivity contribution in [3.05, 3.63) is 82.9 Å². The van der Waals surface area contributed by atoms with Crippen LogP contribution in [0.25, 0.3) is 21.5 Å². The Hall–Kier alpha value is -1.52. The maximum atomic E-state index is 12.3. The third kappa shape index (κ3) is 28.1. The monoisotopic (exact) mass is 1070 g/mol. The molecule has 408 valence electrons. The molecule has 0 amide bonds. The van der Waals surface area contributed by atoms with Gasteiger partial charge in [0.05, 0.1) is 9.79 Å². The molecule has 0 aliphatic heterocycles. The van der Waals surface area contributed by atoms with Crippen LogP contribution in [0.15, 0.2) is 70.5 Å². The fourth-order valence-electron chi connectivity index (χ4n) is 10.8. The molecule has 0 spiro atoms. The molecule has 0 unspecified atom stereocenters. The van der Waals surface area contributed by atoms with E-state index in [1.54, 1.807) is 12.1 Å². The van der Waals surface area contributed by atoms with Crippen molar-refractivity contribution in [3.8, 4) is 0 Å². The van der Waals surface area contributed by atoms with Gasteiger partial charge in [-0.05, 0) is 107 Å². The number of benzene rings is 4. The minimum absolute atomic E-state index is 0. The Bertz CT molecular complexity index is 2100. The Labute approximate surface area is 478 Å². The van der Waals surface area contributed by atoms with Gasteiger partial charge in [0.15, 0.2) is 0 Å². The Morgan fingerprint density at radius 2 is 0.507 bits per heavy atom. The number of unbranched alkanes of at least 4 members (excludes halogenated alkanes) is 32. The van der Waals surface area contributed by atoms with Crippen molar-refractivity contribution in [2.75, 3.05) is 0 Å². The second-order valence-corrected chi connectivity index (χ2v) is 24.0. The molecule has 0 radical (unpaired) electrons. The van der Waals surface area contributed by atoms with Crippen LogP contribution < -0.4 is 0 Å². The van der Waals surface area contributed by atoms with Crippen molar-refractivity contribution in [1.82, 2.24) is 0 Å². The minimum atomic E-state index is -4.51. The van der Waals surface area contributed by atoms with E-state index in [0.29, 0.717) is 12.8 Å². The first kappa shape index (κ1) is 67.6. The molecule has 0 bridgehead atoms.